The van der Waals surface area contributed by atoms with Crippen molar-refractivity contribution in [3.8, 4) is 0 Å². The fraction of sp³-hybridized carbons (Fsp3) is 0.571. The van der Waals surface area contributed by atoms with E-state index in [-0.39, 0.29) is 18.8 Å². The molecule has 0 fully saturated rings. The molecule has 1 aromatic rings. The van der Waals surface area contributed by atoms with Crippen molar-refractivity contribution >= 4 is 70.9 Å². The van der Waals surface area contributed by atoms with E-state index in [1.807, 2.05) is 0 Å². The van der Waals surface area contributed by atoms with Crippen LogP contribution in [0.5, 0.6) is 0 Å². The second kappa shape index (κ2) is 30.2. The minimum absolute atomic E-state index is 0.0505. The highest BCUT2D eigenvalue weighted by molar-refractivity contribution is 5.99. The molecule has 0 saturated carbocycles. The minimum atomic E-state index is -1.78. The number of hydrogen-bond acceptors (Lipinski definition) is 16. The van der Waals surface area contributed by atoms with Crippen LogP contribution in [-0.2, 0) is 68.7 Å². The Morgan fingerprint density at radius 1 is 0.594 bits per heavy atom. The van der Waals surface area contributed by atoms with E-state index in [9.17, 15) is 67.7 Å². The van der Waals surface area contributed by atoms with Gasteiger partial charge < -0.3 is 80.4 Å². The van der Waals surface area contributed by atoms with Gasteiger partial charge in [0.05, 0.1) is 32.6 Å². The van der Waals surface area contributed by atoms with Gasteiger partial charge in [0.25, 0.3) is 5.91 Å². The van der Waals surface area contributed by atoms with E-state index >= 15 is 0 Å². The van der Waals surface area contributed by atoms with E-state index in [4.69, 9.17) is 27.7 Å². The van der Waals surface area contributed by atoms with Crippen molar-refractivity contribution in [2.24, 2.45) is 34.8 Å². The first-order valence-electron chi connectivity index (χ1n) is 21.8. The van der Waals surface area contributed by atoms with Gasteiger partial charge in [-0.2, -0.15) is 0 Å². The average molecular weight is 979 g/mol. The van der Waals surface area contributed by atoms with Gasteiger partial charge in [-0.3, -0.25) is 52.7 Å². The summed E-state index contributed by atoms with van der Waals surface area (Å²) in [7, 11) is 0. The number of nitrogens with one attached hydrogen (secondary N) is 8. The number of ether oxygens (including phenoxy) is 1. The smallest absolute Gasteiger partial charge is 0.329 e. The summed E-state index contributed by atoms with van der Waals surface area (Å²) in [4.78, 5) is 153. The van der Waals surface area contributed by atoms with Gasteiger partial charge in [0.2, 0.25) is 59.1 Å². The van der Waals surface area contributed by atoms with Gasteiger partial charge in [-0.25, -0.2) is 4.79 Å². The molecule has 1 aromatic carbocycles. The molecule has 69 heavy (non-hydrogen) atoms. The van der Waals surface area contributed by atoms with Crippen molar-refractivity contribution < 1.29 is 72.5 Å². The molecule has 27 heteroatoms. The third-order valence-electron chi connectivity index (χ3n) is 10.0. The lowest BCUT2D eigenvalue weighted by Gasteiger charge is -2.28. The van der Waals surface area contributed by atoms with Gasteiger partial charge in [-0.05, 0) is 30.7 Å². The summed E-state index contributed by atoms with van der Waals surface area (Å²) in [5.41, 5.74) is 21.6. The zero-order chi connectivity index (χ0) is 52.5. The van der Waals surface area contributed by atoms with Crippen molar-refractivity contribution in [2.45, 2.75) is 115 Å². The van der Waals surface area contributed by atoms with Crippen molar-refractivity contribution in [3.63, 3.8) is 0 Å². The van der Waals surface area contributed by atoms with Crippen LogP contribution in [0, 0.1) is 11.8 Å². The SMILES string of the molecule is CC[C@H](C)[C@H](NC(=O)[C@H](C)NC(=O)CNC(=O)[C@H](Cc1ccccc1)NC(=O)[C@H](CC(N)=O)NC(=O)[C@H](CC(N)=O)NC(=O)[C@@H](N)CO)C(=O)N[C@@H](CC(C)C)C(=O)OCC(=O)N[C@@H](CO)C(N)=O. The summed E-state index contributed by atoms with van der Waals surface area (Å²) in [5.74, 6) is -12.7. The van der Waals surface area contributed by atoms with E-state index in [0.29, 0.717) is 12.0 Å². The number of rotatable bonds is 31. The van der Waals surface area contributed by atoms with Crippen LogP contribution in [-0.4, -0.2) is 156 Å². The molecule has 11 amide bonds. The monoisotopic (exact) mass is 978 g/mol. The second-order valence-electron chi connectivity index (χ2n) is 16.4. The molecule has 0 radical (unpaired) electrons. The summed E-state index contributed by atoms with van der Waals surface area (Å²) in [5, 5.41) is 37.0. The predicted molar refractivity (Wildman–Crippen MR) is 241 cm³/mol. The summed E-state index contributed by atoms with van der Waals surface area (Å²) in [6, 6.07) is -3.56. The summed E-state index contributed by atoms with van der Waals surface area (Å²) in [6.45, 7) is 4.92. The number of primary amides is 3. The van der Waals surface area contributed by atoms with Gasteiger partial charge in [-0.1, -0.05) is 64.4 Å². The summed E-state index contributed by atoms with van der Waals surface area (Å²) in [6.07, 6.45) is -1.39. The predicted octanol–water partition coefficient (Wildman–Crippen LogP) is -7.06. The quantitative estimate of drug-likeness (QED) is 0.0308. The fourth-order valence-corrected chi connectivity index (χ4v) is 6.04. The van der Waals surface area contributed by atoms with Crippen LogP contribution in [0.25, 0.3) is 0 Å². The van der Waals surface area contributed by atoms with Gasteiger partial charge in [-0.15, -0.1) is 0 Å². The molecule has 0 bridgehead atoms. The number of carbonyl (C=O) groups is 12. The molecule has 384 valence electrons. The molecule has 27 nitrogen and oxygen atoms in total. The van der Waals surface area contributed by atoms with E-state index in [2.05, 4.69) is 42.5 Å². The van der Waals surface area contributed by atoms with E-state index in [0.717, 1.165) is 0 Å². The number of carbonyl (C=O) groups excluding carboxylic acids is 12. The molecule has 0 unspecified atom stereocenters. The Morgan fingerprint density at radius 2 is 1.13 bits per heavy atom. The summed E-state index contributed by atoms with van der Waals surface area (Å²) < 4.78 is 5.05. The van der Waals surface area contributed by atoms with Crippen molar-refractivity contribution in [1.82, 2.24) is 42.5 Å². The highest BCUT2D eigenvalue weighted by Gasteiger charge is 2.35. The Balaban J connectivity index is 3.14. The van der Waals surface area contributed by atoms with Crippen LogP contribution in [0.2, 0.25) is 0 Å². The van der Waals surface area contributed by atoms with Crippen molar-refractivity contribution in [1.29, 1.82) is 0 Å². The summed E-state index contributed by atoms with van der Waals surface area (Å²) >= 11 is 0. The lowest BCUT2D eigenvalue weighted by molar-refractivity contribution is -0.152. The van der Waals surface area contributed by atoms with Crippen LogP contribution in [0.4, 0.5) is 0 Å². The van der Waals surface area contributed by atoms with Crippen LogP contribution >= 0.6 is 0 Å². The maximum absolute atomic E-state index is 13.6. The molecular weight excluding hydrogens is 913 g/mol. The number of esters is 1. The zero-order valence-electron chi connectivity index (χ0n) is 39.0. The molecule has 0 saturated heterocycles. The number of amides is 11. The van der Waals surface area contributed by atoms with Crippen LogP contribution < -0.4 is 65.5 Å². The largest absolute Gasteiger partial charge is 0.454 e. The average Bonchev–Trinajstić information content (AvgIpc) is 3.28. The standard InChI is InChI=1S/C42H66N12O15/c1-6-21(4)34(41(67)53-28(12-20(2)3)42(68)69-19-33(60)49-29(18-56)35(46)61)54-36(62)22(5)48-32(59)16-47-38(64)25(13-23-10-8-7-9-11-23)51-40(66)27(15-31(45)58)52-39(65)26(14-30(44)57)50-37(63)24(43)17-55/h7-11,20-22,24-29,34,55-56H,6,12-19,43H2,1-5H3,(H2,44,57)(H2,45,58)(H2,46,61)(H,47,64)(H,48,59)(H,49,60)(H,50,63)(H,51,66)(H,52,65)(H,53,67)(H,54,62)/t21-,22-,24-,25-,26-,27-,28-,29-,34-/m0/s1. The molecule has 0 aromatic heterocycles. The Bertz CT molecular complexity index is 1990. The highest BCUT2D eigenvalue weighted by atomic mass is 16.5. The molecule has 0 aliphatic carbocycles. The van der Waals surface area contributed by atoms with Gasteiger partial charge in [0.1, 0.15) is 48.3 Å². The molecular formula is C42H66N12O15. The van der Waals surface area contributed by atoms with Crippen molar-refractivity contribution in [2.75, 3.05) is 26.4 Å². The first-order valence-corrected chi connectivity index (χ1v) is 21.8. The normalized spacial score (nSPS) is 14.8. The van der Waals surface area contributed by atoms with Gasteiger partial charge in [0.15, 0.2) is 6.61 Å². The maximum atomic E-state index is 13.6. The third-order valence-corrected chi connectivity index (χ3v) is 10.0. The number of aliphatic hydroxyl groups is 2. The first kappa shape index (κ1) is 59.8. The number of nitrogens with two attached hydrogens (primary N) is 4. The molecule has 1 rings (SSSR count). The zero-order valence-corrected chi connectivity index (χ0v) is 39.0. The van der Waals surface area contributed by atoms with Gasteiger partial charge >= 0.3 is 5.97 Å². The molecule has 0 aliphatic heterocycles. The Labute approximate surface area is 397 Å². The molecule has 0 aliphatic rings. The molecule has 18 N–H and O–H groups in total. The molecule has 0 heterocycles. The molecule has 0 spiro atoms. The number of benzene rings is 1. The van der Waals surface area contributed by atoms with Gasteiger partial charge in [0, 0.05) is 6.42 Å². The van der Waals surface area contributed by atoms with Crippen LogP contribution in [0.3, 0.4) is 0 Å². The van der Waals surface area contributed by atoms with Crippen LogP contribution in [0.1, 0.15) is 65.9 Å². The maximum Gasteiger partial charge on any atom is 0.329 e. The van der Waals surface area contributed by atoms with Crippen molar-refractivity contribution in [3.05, 3.63) is 35.9 Å². The molecule has 9 atom stereocenters. The topological polar surface area (TPSA) is 455 Å². The Morgan fingerprint density at radius 3 is 1.62 bits per heavy atom. The first-order chi connectivity index (χ1) is 32.3. The van der Waals surface area contributed by atoms with E-state index < -0.39 is 164 Å². The fourth-order valence-electron chi connectivity index (χ4n) is 6.04. The second-order valence-corrected chi connectivity index (χ2v) is 16.4. The number of aliphatic hydroxyl groups excluding tert-OH is 2. The lowest BCUT2D eigenvalue weighted by atomic mass is 9.96. The number of hydrogen-bond donors (Lipinski definition) is 14. The highest BCUT2D eigenvalue weighted by Crippen LogP contribution is 2.12. The Hall–Kier alpha value is -7.26. The minimum Gasteiger partial charge on any atom is -0.454 e. The lowest BCUT2D eigenvalue weighted by Crippen LogP contribution is -2.59. The van der Waals surface area contributed by atoms with E-state index in [1.54, 1.807) is 58.0 Å². The Kier molecular flexibility index (Phi) is 26.1. The van der Waals surface area contributed by atoms with E-state index in [1.165, 1.54) is 6.92 Å². The van der Waals surface area contributed by atoms with Crippen LogP contribution in [0.15, 0.2) is 30.3 Å². The third kappa shape index (κ3) is 22.4.